The van der Waals surface area contributed by atoms with Gasteiger partial charge in [0.05, 0.1) is 13.2 Å². The molecule has 7 nitrogen and oxygen atoms in total. The van der Waals surface area contributed by atoms with Crippen molar-refractivity contribution in [3.8, 4) is 5.88 Å². The zero-order valence-corrected chi connectivity index (χ0v) is 13.9. The molecule has 0 amide bonds. The zero-order valence-electron chi connectivity index (χ0n) is 13.1. The highest BCUT2D eigenvalue weighted by molar-refractivity contribution is 6.30. The van der Waals surface area contributed by atoms with Crippen LogP contribution in [0.1, 0.15) is 5.56 Å². The molecule has 0 atom stereocenters. The molecule has 0 aliphatic carbocycles. The summed E-state index contributed by atoms with van der Waals surface area (Å²) in [7, 11) is 1.86. The van der Waals surface area contributed by atoms with Crippen LogP contribution in [0.2, 0.25) is 5.02 Å². The van der Waals surface area contributed by atoms with E-state index in [1.807, 2.05) is 25.2 Å². The Labute approximate surface area is 144 Å². The molecule has 2 aliphatic rings. The number of nitrogens with zero attached hydrogens (tertiary/aromatic N) is 5. The van der Waals surface area contributed by atoms with E-state index in [2.05, 4.69) is 20.2 Å². The Morgan fingerprint density at radius 2 is 1.83 bits per heavy atom. The number of fused-ring (bicyclic) bond motifs is 1. The fourth-order valence-corrected chi connectivity index (χ4v) is 2.75. The van der Waals surface area contributed by atoms with Crippen LogP contribution < -0.4 is 14.6 Å². The number of hydrogen-bond donors (Lipinski definition) is 0. The van der Waals surface area contributed by atoms with E-state index in [4.69, 9.17) is 21.1 Å². The molecule has 1 fully saturated rings. The van der Waals surface area contributed by atoms with Gasteiger partial charge in [0, 0.05) is 36.8 Å². The maximum Gasteiger partial charge on any atom is 0.266 e. The summed E-state index contributed by atoms with van der Waals surface area (Å²) < 4.78 is 11.2. The van der Waals surface area contributed by atoms with Gasteiger partial charge in [-0.1, -0.05) is 11.6 Å². The Morgan fingerprint density at radius 3 is 2.58 bits per heavy atom. The van der Waals surface area contributed by atoms with Gasteiger partial charge in [0.25, 0.3) is 5.88 Å². The van der Waals surface area contributed by atoms with E-state index >= 15 is 0 Å². The molecule has 0 spiro atoms. The third-order valence-corrected chi connectivity index (χ3v) is 4.19. The SMILES string of the molecule is CN1N=C(c2ccc(Cl)cc2)Oc2nnc(N3CCOCC3)cc21. The molecular weight excluding hydrogens is 330 g/mol. The zero-order chi connectivity index (χ0) is 16.5. The van der Waals surface area contributed by atoms with Gasteiger partial charge in [-0.2, -0.15) is 0 Å². The molecule has 2 aliphatic heterocycles. The lowest BCUT2D eigenvalue weighted by Gasteiger charge is -2.29. The maximum atomic E-state index is 5.92. The summed E-state index contributed by atoms with van der Waals surface area (Å²) in [6.45, 7) is 3.00. The third-order valence-electron chi connectivity index (χ3n) is 3.94. The van der Waals surface area contributed by atoms with Crippen LogP contribution in [-0.2, 0) is 4.74 Å². The first-order chi connectivity index (χ1) is 11.7. The summed E-state index contributed by atoms with van der Waals surface area (Å²) in [6, 6.07) is 9.25. The summed E-state index contributed by atoms with van der Waals surface area (Å²) in [5, 5.41) is 15.4. The van der Waals surface area contributed by atoms with Crippen LogP contribution >= 0.6 is 11.6 Å². The van der Waals surface area contributed by atoms with Gasteiger partial charge in [0.2, 0.25) is 5.90 Å². The Balaban J connectivity index is 1.62. The molecule has 124 valence electrons. The summed E-state index contributed by atoms with van der Waals surface area (Å²) >= 11 is 5.92. The third kappa shape index (κ3) is 2.88. The van der Waals surface area contributed by atoms with E-state index in [0.717, 1.165) is 30.2 Å². The Bertz CT molecular complexity index is 775. The smallest absolute Gasteiger partial charge is 0.266 e. The van der Waals surface area contributed by atoms with E-state index in [0.29, 0.717) is 30.0 Å². The van der Waals surface area contributed by atoms with E-state index in [9.17, 15) is 0 Å². The van der Waals surface area contributed by atoms with Crippen molar-refractivity contribution in [2.45, 2.75) is 0 Å². The largest absolute Gasteiger partial charge is 0.415 e. The second-order valence-electron chi connectivity index (χ2n) is 5.53. The van der Waals surface area contributed by atoms with Gasteiger partial charge in [-0.25, -0.2) is 0 Å². The minimum atomic E-state index is 0.439. The van der Waals surface area contributed by atoms with Crippen molar-refractivity contribution in [3.63, 3.8) is 0 Å². The Morgan fingerprint density at radius 1 is 1.08 bits per heavy atom. The van der Waals surface area contributed by atoms with Gasteiger partial charge in [-0.3, -0.25) is 5.01 Å². The summed E-state index contributed by atoms with van der Waals surface area (Å²) in [5.74, 6) is 1.71. The van der Waals surface area contributed by atoms with E-state index in [1.165, 1.54) is 0 Å². The lowest BCUT2D eigenvalue weighted by atomic mass is 10.2. The molecule has 1 aromatic heterocycles. The van der Waals surface area contributed by atoms with Crippen molar-refractivity contribution in [2.24, 2.45) is 5.10 Å². The minimum Gasteiger partial charge on any atom is -0.415 e. The molecule has 4 rings (SSSR count). The molecule has 1 saturated heterocycles. The molecule has 1 aromatic carbocycles. The van der Waals surface area contributed by atoms with Gasteiger partial charge >= 0.3 is 0 Å². The Hall–Kier alpha value is -2.38. The molecule has 0 unspecified atom stereocenters. The molecular formula is C16H16ClN5O2. The number of rotatable bonds is 2. The highest BCUT2D eigenvalue weighted by Gasteiger charge is 2.24. The average Bonchev–Trinajstić information content (AvgIpc) is 2.63. The van der Waals surface area contributed by atoms with Gasteiger partial charge in [0.1, 0.15) is 5.69 Å². The number of morpholine rings is 1. The number of ether oxygens (including phenoxy) is 2. The van der Waals surface area contributed by atoms with Crippen LogP contribution in [0, 0.1) is 0 Å². The van der Waals surface area contributed by atoms with Gasteiger partial charge < -0.3 is 14.4 Å². The van der Waals surface area contributed by atoms with E-state index < -0.39 is 0 Å². The average molecular weight is 346 g/mol. The fraction of sp³-hybridized carbons (Fsp3) is 0.312. The van der Waals surface area contributed by atoms with Crippen molar-refractivity contribution >= 4 is 29.0 Å². The van der Waals surface area contributed by atoms with Crippen molar-refractivity contribution in [1.82, 2.24) is 10.2 Å². The minimum absolute atomic E-state index is 0.439. The lowest BCUT2D eigenvalue weighted by Crippen LogP contribution is -2.37. The Kier molecular flexibility index (Phi) is 3.95. The summed E-state index contributed by atoms with van der Waals surface area (Å²) in [5.41, 5.74) is 1.61. The second-order valence-corrected chi connectivity index (χ2v) is 5.97. The first-order valence-electron chi connectivity index (χ1n) is 7.67. The van der Waals surface area contributed by atoms with Crippen molar-refractivity contribution < 1.29 is 9.47 Å². The number of halogens is 1. The van der Waals surface area contributed by atoms with Crippen LogP contribution in [0.25, 0.3) is 0 Å². The maximum absolute atomic E-state index is 5.92. The normalized spacial score (nSPS) is 17.2. The number of aromatic nitrogens is 2. The summed E-state index contributed by atoms with van der Waals surface area (Å²) in [6.07, 6.45) is 0. The number of benzene rings is 1. The molecule has 0 saturated carbocycles. The number of anilines is 2. The molecule has 24 heavy (non-hydrogen) atoms. The van der Waals surface area contributed by atoms with Crippen LogP contribution in [0.5, 0.6) is 5.88 Å². The number of hydrazone groups is 1. The highest BCUT2D eigenvalue weighted by Crippen LogP contribution is 2.32. The first-order valence-corrected chi connectivity index (χ1v) is 8.05. The molecule has 0 radical (unpaired) electrons. The van der Waals surface area contributed by atoms with E-state index in [-0.39, 0.29) is 0 Å². The standard InChI is InChI=1S/C16H16ClN5O2/c1-21-13-10-14(22-6-8-23-9-7-22)18-19-16(13)24-15(20-21)11-2-4-12(17)5-3-11/h2-5,10H,6-9H2,1H3. The van der Waals surface area contributed by atoms with Gasteiger partial charge in [-0.05, 0) is 24.3 Å². The van der Waals surface area contributed by atoms with Crippen LogP contribution in [0.4, 0.5) is 11.5 Å². The van der Waals surface area contributed by atoms with E-state index in [1.54, 1.807) is 17.1 Å². The van der Waals surface area contributed by atoms with Crippen molar-refractivity contribution in [2.75, 3.05) is 43.3 Å². The monoisotopic (exact) mass is 345 g/mol. The fourth-order valence-electron chi connectivity index (χ4n) is 2.62. The highest BCUT2D eigenvalue weighted by atomic mass is 35.5. The van der Waals surface area contributed by atoms with Gasteiger partial charge in [0.15, 0.2) is 5.82 Å². The topological polar surface area (TPSA) is 63.1 Å². The molecule has 8 heteroatoms. The first kappa shape index (κ1) is 15.2. The van der Waals surface area contributed by atoms with Crippen LogP contribution in [0.15, 0.2) is 35.4 Å². The summed E-state index contributed by atoms with van der Waals surface area (Å²) in [4.78, 5) is 2.14. The molecule has 2 aromatic rings. The number of hydrogen-bond acceptors (Lipinski definition) is 7. The van der Waals surface area contributed by atoms with Crippen LogP contribution in [0.3, 0.4) is 0 Å². The lowest BCUT2D eigenvalue weighted by molar-refractivity contribution is 0.122. The van der Waals surface area contributed by atoms with Crippen LogP contribution in [-0.4, -0.2) is 49.4 Å². The predicted octanol–water partition coefficient (Wildman–Crippen LogP) is 2.16. The molecule has 3 heterocycles. The molecule has 0 N–H and O–H groups in total. The quantitative estimate of drug-likeness (QED) is 0.831. The molecule has 0 bridgehead atoms. The van der Waals surface area contributed by atoms with Crippen molar-refractivity contribution in [1.29, 1.82) is 0 Å². The predicted molar refractivity (Wildman–Crippen MR) is 92.1 cm³/mol. The van der Waals surface area contributed by atoms with Crippen molar-refractivity contribution in [3.05, 3.63) is 40.9 Å². The second kappa shape index (κ2) is 6.26. The van der Waals surface area contributed by atoms with Gasteiger partial charge in [-0.15, -0.1) is 15.3 Å².